The Kier molecular flexibility index (Phi) is 5.53. The number of amides is 1. The zero-order valence-electron chi connectivity index (χ0n) is 15.5. The van der Waals surface area contributed by atoms with Crippen molar-refractivity contribution in [3.63, 3.8) is 0 Å². The van der Waals surface area contributed by atoms with Crippen molar-refractivity contribution in [1.29, 1.82) is 0 Å². The predicted octanol–water partition coefficient (Wildman–Crippen LogP) is 3.64. The van der Waals surface area contributed by atoms with E-state index < -0.39 is 23.0 Å². The van der Waals surface area contributed by atoms with Crippen LogP contribution in [-0.4, -0.2) is 30.5 Å². The summed E-state index contributed by atoms with van der Waals surface area (Å²) in [5, 5.41) is 11.8. The Morgan fingerprint density at radius 1 is 1.19 bits per heavy atom. The van der Waals surface area contributed by atoms with Crippen molar-refractivity contribution in [1.82, 2.24) is 19.5 Å². The highest BCUT2D eigenvalue weighted by molar-refractivity contribution is 6.36. The smallest absolute Gasteiger partial charge is 0.274 e. The molecule has 1 aromatic carbocycles. The Bertz CT molecular complexity index is 1370. The van der Waals surface area contributed by atoms with Crippen molar-refractivity contribution >= 4 is 45.7 Å². The second-order valence-corrected chi connectivity index (χ2v) is 7.16. The average molecular weight is 460 g/mol. The van der Waals surface area contributed by atoms with E-state index in [4.69, 9.17) is 23.2 Å². The van der Waals surface area contributed by atoms with Gasteiger partial charge in [-0.05, 0) is 30.3 Å². The number of halogens is 3. The van der Waals surface area contributed by atoms with E-state index in [1.807, 2.05) is 0 Å². The first-order valence-electron chi connectivity index (χ1n) is 8.79. The van der Waals surface area contributed by atoms with Crippen LogP contribution in [-0.2, 0) is 6.54 Å². The molecular weight excluding hydrogens is 448 g/mol. The summed E-state index contributed by atoms with van der Waals surface area (Å²) in [7, 11) is 0. The third-order valence-electron chi connectivity index (χ3n) is 4.39. The van der Waals surface area contributed by atoms with Crippen LogP contribution in [0.4, 0.5) is 10.1 Å². The van der Waals surface area contributed by atoms with E-state index in [9.17, 15) is 19.1 Å². The number of fused-ring (bicyclic) bond motifs is 1. The summed E-state index contributed by atoms with van der Waals surface area (Å²) >= 11 is 11.6. The number of anilines is 1. The van der Waals surface area contributed by atoms with Gasteiger partial charge in [-0.1, -0.05) is 29.3 Å². The number of carbonyl (C=O) groups is 1. The van der Waals surface area contributed by atoms with Gasteiger partial charge in [0.2, 0.25) is 0 Å². The minimum Gasteiger partial charge on any atom is -0.504 e. The fourth-order valence-corrected chi connectivity index (χ4v) is 3.33. The number of nitrogens with zero attached hydrogens (tertiary/aromatic N) is 4. The van der Waals surface area contributed by atoms with Crippen LogP contribution in [0.25, 0.3) is 10.9 Å². The van der Waals surface area contributed by atoms with E-state index >= 15 is 0 Å². The molecule has 3 aromatic heterocycles. The highest BCUT2D eigenvalue weighted by atomic mass is 35.5. The van der Waals surface area contributed by atoms with Crippen LogP contribution >= 0.6 is 23.2 Å². The lowest BCUT2D eigenvalue weighted by atomic mass is 10.2. The molecule has 0 saturated carbocycles. The second kappa shape index (κ2) is 8.29. The zero-order chi connectivity index (χ0) is 22.1. The van der Waals surface area contributed by atoms with Gasteiger partial charge in [-0.2, -0.15) is 0 Å². The quantitative estimate of drug-likeness (QED) is 0.450. The molecule has 2 N–H and O–H groups in total. The molecule has 0 aliphatic carbocycles. The molecule has 0 saturated heterocycles. The van der Waals surface area contributed by atoms with Gasteiger partial charge in [-0.25, -0.2) is 14.4 Å². The lowest BCUT2D eigenvalue weighted by Gasteiger charge is -2.11. The molecule has 0 radical (unpaired) electrons. The molecule has 0 aliphatic rings. The van der Waals surface area contributed by atoms with Crippen molar-refractivity contribution in [2.45, 2.75) is 6.54 Å². The van der Waals surface area contributed by atoms with E-state index in [-0.39, 0.29) is 39.2 Å². The fraction of sp³-hybridized carbons (Fsp3) is 0.0500. The summed E-state index contributed by atoms with van der Waals surface area (Å²) in [5.74, 6) is -1.70. The highest BCUT2D eigenvalue weighted by Gasteiger charge is 2.17. The van der Waals surface area contributed by atoms with Crippen molar-refractivity contribution in [2.24, 2.45) is 0 Å². The van der Waals surface area contributed by atoms with Crippen LogP contribution in [0, 0.1) is 5.82 Å². The molecule has 1 amide bonds. The van der Waals surface area contributed by atoms with Crippen molar-refractivity contribution < 1.29 is 14.3 Å². The maximum absolute atomic E-state index is 14.0. The van der Waals surface area contributed by atoms with E-state index in [0.717, 1.165) is 6.07 Å². The third-order valence-corrected chi connectivity index (χ3v) is 4.94. The predicted molar refractivity (Wildman–Crippen MR) is 113 cm³/mol. The summed E-state index contributed by atoms with van der Waals surface area (Å²) in [4.78, 5) is 37.7. The highest BCUT2D eigenvalue weighted by Crippen LogP contribution is 2.30. The van der Waals surface area contributed by atoms with Crippen LogP contribution in [0.5, 0.6) is 5.75 Å². The van der Waals surface area contributed by atoms with Crippen molar-refractivity contribution in [3.05, 3.63) is 86.7 Å². The number of carbonyl (C=O) groups excluding carboxylic acids is 1. The summed E-state index contributed by atoms with van der Waals surface area (Å²) in [6, 6.07) is 8.56. The van der Waals surface area contributed by atoms with Gasteiger partial charge in [0.15, 0.2) is 10.9 Å². The summed E-state index contributed by atoms with van der Waals surface area (Å²) in [6.45, 7) is -0.137. The van der Waals surface area contributed by atoms with Gasteiger partial charge >= 0.3 is 0 Å². The van der Waals surface area contributed by atoms with Crippen LogP contribution in [0.2, 0.25) is 10.2 Å². The molecule has 4 aromatic rings. The molecule has 0 spiro atoms. The summed E-state index contributed by atoms with van der Waals surface area (Å²) < 4.78 is 15.1. The zero-order valence-corrected chi connectivity index (χ0v) is 17.0. The van der Waals surface area contributed by atoms with E-state index in [1.54, 1.807) is 12.1 Å². The number of hydrogen-bond acceptors (Lipinski definition) is 6. The van der Waals surface area contributed by atoms with Gasteiger partial charge in [-0.3, -0.25) is 19.1 Å². The molecule has 4 rings (SSSR count). The minimum atomic E-state index is -0.707. The standard InChI is InChI=1S/C20H12Cl2FN5O3/c21-10-7-14(26-18(22)17(10)29)19(30)27-13-5-1-4-12-16(13)20(31)28(9-25-12)8-15-11(23)3-2-6-24-15/h1-7,9,29H,8H2,(H,27,30). The van der Waals surface area contributed by atoms with Crippen LogP contribution in [0.15, 0.2) is 53.7 Å². The molecule has 0 aliphatic heterocycles. The second-order valence-electron chi connectivity index (χ2n) is 6.39. The lowest BCUT2D eigenvalue weighted by Crippen LogP contribution is -2.24. The maximum atomic E-state index is 14.0. The lowest BCUT2D eigenvalue weighted by molar-refractivity contribution is 0.102. The number of nitrogens with one attached hydrogen (secondary N) is 1. The Balaban J connectivity index is 1.74. The van der Waals surface area contributed by atoms with Crippen molar-refractivity contribution in [3.8, 4) is 5.75 Å². The van der Waals surface area contributed by atoms with Gasteiger partial charge in [0, 0.05) is 6.20 Å². The molecule has 11 heteroatoms. The number of aromatic nitrogens is 4. The molecule has 0 fully saturated rings. The molecule has 0 unspecified atom stereocenters. The van der Waals surface area contributed by atoms with Gasteiger partial charge in [0.25, 0.3) is 11.5 Å². The SMILES string of the molecule is O=C(Nc1cccc2ncn(Cc3ncccc3F)c(=O)c12)c1cc(Cl)c(O)c(Cl)n1. The topological polar surface area (TPSA) is 110 Å². The Morgan fingerprint density at radius 3 is 2.74 bits per heavy atom. The number of pyridine rings is 2. The largest absolute Gasteiger partial charge is 0.504 e. The molecule has 8 nitrogen and oxygen atoms in total. The number of aromatic hydroxyl groups is 1. The third kappa shape index (κ3) is 4.05. The van der Waals surface area contributed by atoms with Gasteiger partial charge in [0.05, 0.1) is 40.2 Å². The van der Waals surface area contributed by atoms with E-state index in [1.165, 1.54) is 35.3 Å². The number of benzene rings is 1. The summed E-state index contributed by atoms with van der Waals surface area (Å²) in [6.07, 6.45) is 2.70. The van der Waals surface area contributed by atoms with Gasteiger partial charge < -0.3 is 10.4 Å². The number of hydrogen-bond donors (Lipinski definition) is 2. The Morgan fingerprint density at radius 2 is 2.00 bits per heavy atom. The molecule has 0 atom stereocenters. The first kappa shape index (κ1) is 20.7. The maximum Gasteiger partial charge on any atom is 0.274 e. The first-order chi connectivity index (χ1) is 14.8. The Labute approximate surface area is 183 Å². The molecule has 156 valence electrons. The minimum absolute atomic E-state index is 0.0739. The van der Waals surface area contributed by atoms with Crippen LogP contribution in [0.3, 0.4) is 0 Å². The summed E-state index contributed by atoms with van der Waals surface area (Å²) in [5.41, 5.74) is -0.0941. The monoisotopic (exact) mass is 459 g/mol. The molecule has 31 heavy (non-hydrogen) atoms. The molecule has 0 bridgehead atoms. The van der Waals surface area contributed by atoms with E-state index in [0.29, 0.717) is 5.52 Å². The van der Waals surface area contributed by atoms with Gasteiger partial charge in [0.1, 0.15) is 11.5 Å². The van der Waals surface area contributed by atoms with Crippen molar-refractivity contribution in [2.75, 3.05) is 5.32 Å². The van der Waals surface area contributed by atoms with Crippen LogP contribution in [0.1, 0.15) is 16.2 Å². The molecular formula is C20H12Cl2FN5O3. The normalized spacial score (nSPS) is 10.9. The van der Waals surface area contributed by atoms with Gasteiger partial charge in [-0.15, -0.1) is 0 Å². The first-order valence-corrected chi connectivity index (χ1v) is 9.54. The fourth-order valence-electron chi connectivity index (χ4n) is 2.89. The average Bonchev–Trinajstić information content (AvgIpc) is 2.75. The number of rotatable bonds is 4. The Hall–Kier alpha value is -3.56. The molecule has 3 heterocycles. The van der Waals surface area contributed by atoms with E-state index in [2.05, 4.69) is 20.3 Å². The van der Waals surface area contributed by atoms with Crippen LogP contribution < -0.4 is 10.9 Å².